The van der Waals surface area contributed by atoms with E-state index in [1.54, 1.807) is 24.3 Å². The second-order valence-corrected chi connectivity index (χ2v) is 4.75. The average Bonchev–Trinajstić information content (AvgIpc) is 2.53. The van der Waals surface area contributed by atoms with Crippen LogP contribution in [0.1, 0.15) is 21.5 Å². The number of ketones is 1. The van der Waals surface area contributed by atoms with Crippen molar-refractivity contribution < 1.29 is 24.7 Å². The van der Waals surface area contributed by atoms with Crippen molar-refractivity contribution in [3.8, 4) is 11.5 Å². The number of hydrogen-bond donors (Lipinski definition) is 2. The van der Waals surface area contributed by atoms with E-state index < -0.39 is 5.23 Å². The predicted molar refractivity (Wildman–Crippen MR) is 79.9 cm³/mol. The Balaban J connectivity index is 2.57. The van der Waals surface area contributed by atoms with Crippen LogP contribution < -0.4 is 14.7 Å². The molecule has 0 amide bonds. The summed E-state index contributed by atoms with van der Waals surface area (Å²) < 4.78 is 10.2. The van der Waals surface area contributed by atoms with Gasteiger partial charge in [0.25, 0.3) is 0 Å². The molecule has 2 N–H and O–H groups in total. The normalized spacial score (nSPS) is 11.9. The zero-order chi connectivity index (χ0) is 16.3. The van der Waals surface area contributed by atoms with E-state index in [-0.39, 0.29) is 22.8 Å². The molecule has 0 spiro atoms. The van der Waals surface area contributed by atoms with Gasteiger partial charge in [0, 0.05) is 17.7 Å². The number of methoxy groups -OCH3 is 2. The van der Waals surface area contributed by atoms with Crippen LogP contribution in [-0.4, -0.2) is 25.2 Å². The fourth-order valence-corrected chi connectivity index (χ4v) is 2.10. The van der Waals surface area contributed by atoms with Crippen LogP contribution in [0.2, 0.25) is 0 Å². The van der Waals surface area contributed by atoms with Gasteiger partial charge < -0.3 is 14.7 Å². The molecule has 2 rings (SSSR count). The van der Waals surface area contributed by atoms with Crippen molar-refractivity contribution >= 4 is 11.5 Å². The number of hydrogen-bond acceptors (Lipinski definition) is 5. The highest BCUT2D eigenvalue weighted by molar-refractivity contribution is 6.11. The van der Waals surface area contributed by atoms with Gasteiger partial charge in [-0.05, 0) is 6.92 Å². The smallest absolute Gasteiger partial charge is 0.199 e. The highest BCUT2D eigenvalue weighted by atomic mass is 16.8. The Bertz CT molecular complexity index is 680. The zero-order valence-electron chi connectivity index (χ0n) is 12.5. The third-order valence-electron chi connectivity index (χ3n) is 3.31. The van der Waals surface area contributed by atoms with E-state index >= 15 is 0 Å². The third kappa shape index (κ3) is 3.09. The predicted octanol–water partition coefficient (Wildman–Crippen LogP) is 1.65. The minimum absolute atomic E-state index is 0.0639. The lowest BCUT2D eigenvalue weighted by Crippen LogP contribution is -2.99. The van der Waals surface area contributed by atoms with Crippen molar-refractivity contribution in [2.75, 3.05) is 14.2 Å². The monoisotopic (exact) mass is 303 g/mol. The molecule has 0 heterocycles. The maximum atomic E-state index is 12.6. The van der Waals surface area contributed by atoms with Gasteiger partial charge in [-0.1, -0.05) is 29.8 Å². The molecule has 0 bridgehead atoms. The molecule has 0 saturated heterocycles. The number of ether oxygens (including phenoxy) is 2. The summed E-state index contributed by atoms with van der Waals surface area (Å²) in [4.78, 5) is 12.6. The van der Waals surface area contributed by atoms with Crippen LogP contribution in [0.15, 0.2) is 36.4 Å². The molecule has 1 unspecified atom stereocenters. The van der Waals surface area contributed by atoms with E-state index in [2.05, 4.69) is 0 Å². The summed E-state index contributed by atoms with van der Waals surface area (Å²) in [5, 5.41) is 19.6. The van der Waals surface area contributed by atoms with Crippen LogP contribution in [0.3, 0.4) is 0 Å². The summed E-state index contributed by atoms with van der Waals surface area (Å²) in [6.45, 7) is 1.91. The Labute approximate surface area is 128 Å². The fraction of sp³-hybridized carbons (Fsp3) is 0.188. The van der Waals surface area contributed by atoms with Crippen molar-refractivity contribution in [3.05, 3.63) is 58.3 Å². The molecule has 2 aromatic carbocycles. The minimum atomic E-state index is -1.20. The molecular formula is C16H17NO5. The van der Waals surface area contributed by atoms with Crippen LogP contribution in [0.25, 0.3) is 0 Å². The van der Waals surface area contributed by atoms with Gasteiger partial charge in [-0.2, -0.15) is 5.23 Å². The molecule has 0 aliphatic carbocycles. The zero-order valence-corrected chi connectivity index (χ0v) is 12.5. The lowest BCUT2D eigenvalue weighted by Gasteiger charge is -2.18. The van der Waals surface area contributed by atoms with Crippen LogP contribution in [-0.2, 0) is 0 Å². The molecule has 0 aliphatic rings. The van der Waals surface area contributed by atoms with Gasteiger partial charge in [0.15, 0.2) is 23.0 Å². The first-order valence-electron chi connectivity index (χ1n) is 6.58. The number of rotatable bonds is 5. The Morgan fingerprint density at radius 1 is 1.09 bits per heavy atom. The lowest BCUT2D eigenvalue weighted by atomic mass is 10.00. The van der Waals surface area contributed by atoms with Gasteiger partial charge in [0.05, 0.1) is 19.8 Å². The molecule has 0 radical (unpaired) electrons. The van der Waals surface area contributed by atoms with Crippen LogP contribution in [0.5, 0.6) is 11.5 Å². The van der Waals surface area contributed by atoms with Crippen molar-refractivity contribution in [2.24, 2.45) is 0 Å². The van der Waals surface area contributed by atoms with Gasteiger partial charge in [-0.3, -0.25) is 4.79 Å². The summed E-state index contributed by atoms with van der Waals surface area (Å²) in [7, 11) is 2.84. The highest BCUT2D eigenvalue weighted by Gasteiger charge is 2.22. The van der Waals surface area contributed by atoms with Gasteiger partial charge in [-0.25, -0.2) is 5.21 Å². The third-order valence-corrected chi connectivity index (χ3v) is 3.31. The molecule has 6 nitrogen and oxygen atoms in total. The largest absolute Gasteiger partial charge is 0.595 e. The van der Waals surface area contributed by atoms with Crippen molar-refractivity contribution in [1.29, 1.82) is 0 Å². The maximum Gasteiger partial charge on any atom is 0.199 e. The van der Waals surface area contributed by atoms with Crippen LogP contribution in [0.4, 0.5) is 5.69 Å². The molecular weight excluding hydrogens is 286 g/mol. The number of aryl methyl sites for hydroxylation is 1. The summed E-state index contributed by atoms with van der Waals surface area (Å²) in [6, 6.07) is 9.62. The fourth-order valence-electron chi connectivity index (χ4n) is 2.10. The standard InChI is InChI=1S/C16H17NO5/c1-10-4-6-11(7-5-10)16(18)12-8-14(21-2)15(22-3)9-13(12)17(19)20/h4-9,17,19H,1-3H3. The van der Waals surface area contributed by atoms with Crippen LogP contribution >= 0.6 is 0 Å². The van der Waals surface area contributed by atoms with E-state index in [4.69, 9.17) is 9.47 Å². The van der Waals surface area contributed by atoms with Crippen molar-refractivity contribution in [3.63, 3.8) is 0 Å². The number of nitrogens with one attached hydrogen (secondary N) is 1. The second kappa shape index (κ2) is 6.57. The molecule has 0 aliphatic heterocycles. The summed E-state index contributed by atoms with van der Waals surface area (Å²) in [5.41, 5.74) is 1.37. The van der Waals surface area contributed by atoms with Crippen molar-refractivity contribution in [1.82, 2.24) is 0 Å². The first-order valence-corrected chi connectivity index (χ1v) is 6.58. The quantitative estimate of drug-likeness (QED) is 0.648. The molecule has 116 valence electrons. The Morgan fingerprint density at radius 3 is 2.14 bits per heavy atom. The number of carbonyl (C=O) groups excluding carboxylic acids is 1. The van der Waals surface area contributed by atoms with Crippen molar-refractivity contribution in [2.45, 2.75) is 6.92 Å². The Hall–Kier alpha value is -2.41. The SMILES string of the molecule is COc1cc(C(=O)c2ccc(C)cc2)c([NH+]([O-])O)cc1OC. The first kappa shape index (κ1) is 16.0. The molecule has 0 fully saturated rings. The minimum Gasteiger partial charge on any atom is -0.595 e. The van der Waals surface area contributed by atoms with Crippen LogP contribution in [0, 0.1) is 12.1 Å². The van der Waals surface area contributed by atoms with E-state index in [1.165, 1.54) is 26.4 Å². The number of quaternary nitrogens is 1. The number of benzene rings is 2. The molecule has 0 aromatic heterocycles. The Kier molecular flexibility index (Phi) is 4.77. The summed E-state index contributed by atoms with van der Waals surface area (Å²) in [5.74, 6) is 0.196. The summed E-state index contributed by atoms with van der Waals surface area (Å²) >= 11 is 0. The molecule has 6 heteroatoms. The highest BCUT2D eigenvalue weighted by Crippen LogP contribution is 2.32. The molecule has 22 heavy (non-hydrogen) atoms. The van der Waals surface area contributed by atoms with Gasteiger partial charge in [0.1, 0.15) is 0 Å². The maximum absolute atomic E-state index is 12.6. The van der Waals surface area contributed by atoms with E-state index in [0.717, 1.165) is 5.56 Å². The van der Waals surface area contributed by atoms with Gasteiger partial charge in [0.2, 0.25) is 0 Å². The lowest BCUT2D eigenvalue weighted by molar-refractivity contribution is -0.991. The molecule has 0 saturated carbocycles. The first-order chi connectivity index (χ1) is 10.5. The molecule has 1 atom stereocenters. The van der Waals surface area contributed by atoms with Gasteiger partial charge in [-0.15, -0.1) is 0 Å². The topological polar surface area (TPSA) is 83.3 Å². The van der Waals surface area contributed by atoms with E-state index in [9.17, 15) is 15.2 Å². The van der Waals surface area contributed by atoms with Gasteiger partial charge >= 0.3 is 0 Å². The van der Waals surface area contributed by atoms with E-state index in [0.29, 0.717) is 11.3 Å². The number of carbonyl (C=O) groups is 1. The Morgan fingerprint density at radius 2 is 1.64 bits per heavy atom. The summed E-state index contributed by atoms with van der Waals surface area (Å²) in [6.07, 6.45) is 0. The second-order valence-electron chi connectivity index (χ2n) is 4.75. The van der Waals surface area contributed by atoms with E-state index in [1.807, 2.05) is 6.92 Å². The molecule has 2 aromatic rings. The average molecular weight is 303 g/mol.